The zero-order valence-electron chi connectivity index (χ0n) is 12.9. The van der Waals surface area contributed by atoms with E-state index in [0.29, 0.717) is 0 Å². The van der Waals surface area contributed by atoms with Gasteiger partial charge in [-0.3, -0.25) is 0 Å². The van der Waals surface area contributed by atoms with Crippen LogP contribution < -0.4 is 10.2 Å². The first kappa shape index (κ1) is 16.7. The van der Waals surface area contributed by atoms with E-state index >= 15 is 0 Å². The lowest BCUT2D eigenvalue weighted by atomic mass is 10.2. The molecule has 1 aliphatic rings. The zero-order valence-corrected chi connectivity index (χ0v) is 14.5. The Labute approximate surface area is 135 Å². The number of anilines is 1. The Kier molecular flexibility index (Phi) is 6.96. The van der Waals surface area contributed by atoms with Gasteiger partial charge in [-0.05, 0) is 47.0 Å². The molecule has 1 saturated heterocycles. The fourth-order valence-electron chi connectivity index (χ4n) is 2.54. The minimum Gasteiger partial charge on any atom is -0.383 e. The molecule has 5 heteroatoms. The van der Waals surface area contributed by atoms with Crippen LogP contribution in [0.25, 0.3) is 0 Å². The van der Waals surface area contributed by atoms with Gasteiger partial charge in [-0.25, -0.2) is 0 Å². The summed E-state index contributed by atoms with van der Waals surface area (Å²) in [7, 11) is 1.72. The monoisotopic (exact) mass is 356 g/mol. The maximum atomic E-state index is 5.72. The molecule has 0 aromatic heterocycles. The molecule has 1 aliphatic heterocycles. The molecule has 1 atom stereocenters. The van der Waals surface area contributed by atoms with E-state index in [-0.39, 0.29) is 6.10 Å². The number of nitrogens with zero attached hydrogens (tertiary/aromatic N) is 1. The van der Waals surface area contributed by atoms with E-state index in [1.54, 1.807) is 7.11 Å². The Bertz CT molecular complexity index is 442. The van der Waals surface area contributed by atoms with E-state index in [1.807, 2.05) is 0 Å². The highest BCUT2D eigenvalue weighted by atomic mass is 79.9. The molecule has 1 fully saturated rings. The van der Waals surface area contributed by atoms with Gasteiger partial charge in [0.25, 0.3) is 0 Å². The zero-order chi connectivity index (χ0) is 15.1. The first-order valence-corrected chi connectivity index (χ1v) is 8.34. The van der Waals surface area contributed by atoms with E-state index in [2.05, 4.69) is 51.3 Å². The van der Waals surface area contributed by atoms with Gasteiger partial charge in [-0.2, -0.15) is 0 Å². The van der Waals surface area contributed by atoms with Crippen molar-refractivity contribution >= 4 is 21.6 Å². The summed E-state index contributed by atoms with van der Waals surface area (Å²) in [4.78, 5) is 2.41. The first-order valence-electron chi connectivity index (χ1n) is 7.55. The third kappa shape index (κ3) is 5.25. The molecule has 0 amide bonds. The molecule has 2 rings (SSSR count). The second-order valence-electron chi connectivity index (χ2n) is 5.44. The Balaban J connectivity index is 1.97. The summed E-state index contributed by atoms with van der Waals surface area (Å²) < 4.78 is 11.9. The van der Waals surface area contributed by atoms with Crippen molar-refractivity contribution in [1.82, 2.24) is 5.32 Å². The van der Waals surface area contributed by atoms with Crippen molar-refractivity contribution < 1.29 is 9.47 Å². The largest absolute Gasteiger partial charge is 0.383 e. The molecule has 1 aromatic carbocycles. The number of hydrogen-bond donors (Lipinski definition) is 1. The smallest absolute Gasteiger partial charge is 0.0721 e. The summed E-state index contributed by atoms with van der Waals surface area (Å²) in [5, 5.41) is 3.37. The molecule has 1 N–H and O–H groups in total. The number of halogens is 1. The highest BCUT2D eigenvalue weighted by Gasteiger charge is 2.17. The maximum absolute atomic E-state index is 5.72. The van der Waals surface area contributed by atoms with E-state index in [4.69, 9.17) is 9.47 Å². The molecule has 4 nitrogen and oxygen atoms in total. The average Bonchev–Trinajstić information content (AvgIpc) is 2.68. The van der Waals surface area contributed by atoms with Gasteiger partial charge in [-0.15, -0.1) is 0 Å². The maximum Gasteiger partial charge on any atom is 0.0721 e. The molecule has 0 aliphatic carbocycles. The van der Waals surface area contributed by atoms with Crippen LogP contribution in [0.1, 0.15) is 18.9 Å². The number of hydrogen-bond acceptors (Lipinski definition) is 4. The molecular weight excluding hydrogens is 332 g/mol. The SMILES string of the molecule is COCCNCc1ccc(N2CCCOC(C)C2)c(Br)c1. The van der Waals surface area contributed by atoms with Crippen LogP contribution >= 0.6 is 15.9 Å². The lowest BCUT2D eigenvalue weighted by Crippen LogP contribution is -2.30. The Morgan fingerprint density at radius 1 is 1.48 bits per heavy atom. The predicted octanol–water partition coefficient (Wildman–Crippen LogP) is 2.80. The Morgan fingerprint density at radius 2 is 2.33 bits per heavy atom. The molecular formula is C16H25BrN2O2. The molecule has 118 valence electrons. The Hall–Kier alpha value is -0.620. The van der Waals surface area contributed by atoms with Gasteiger partial charge < -0.3 is 19.7 Å². The third-order valence-corrected chi connectivity index (χ3v) is 4.25. The molecule has 0 radical (unpaired) electrons. The van der Waals surface area contributed by atoms with Crippen molar-refractivity contribution in [2.75, 3.05) is 44.9 Å². The highest BCUT2D eigenvalue weighted by Crippen LogP contribution is 2.28. The standard InChI is InChI=1S/C16H25BrN2O2/c1-13-12-19(7-3-8-21-13)16-5-4-14(10-15(16)17)11-18-6-9-20-2/h4-5,10,13,18H,3,6-9,11-12H2,1-2H3. The van der Waals surface area contributed by atoms with Gasteiger partial charge in [-0.1, -0.05) is 6.07 Å². The predicted molar refractivity (Wildman–Crippen MR) is 90.0 cm³/mol. The number of nitrogens with one attached hydrogen (secondary N) is 1. The minimum absolute atomic E-state index is 0.287. The normalized spacial score (nSPS) is 19.6. The second-order valence-corrected chi connectivity index (χ2v) is 6.29. The van der Waals surface area contributed by atoms with Crippen molar-refractivity contribution in [3.05, 3.63) is 28.2 Å². The fourth-order valence-corrected chi connectivity index (χ4v) is 3.21. The highest BCUT2D eigenvalue weighted by molar-refractivity contribution is 9.10. The third-order valence-electron chi connectivity index (χ3n) is 3.62. The van der Waals surface area contributed by atoms with Gasteiger partial charge in [0, 0.05) is 44.4 Å². The lowest BCUT2D eigenvalue weighted by molar-refractivity contribution is 0.0821. The average molecular weight is 357 g/mol. The molecule has 1 aromatic rings. The molecule has 1 unspecified atom stereocenters. The quantitative estimate of drug-likeness (QED) is 0.794. The second kappa shape index (κ2) is 8.73. The summed E-state index contributed by atoms with van der Waals surface area (Å²) >= 11 is 3.72. The number of ether oxygens (including phenoxy) is 2. The summed E-state index contributed by atoms with van der Waals surface area (Å²) in [5.74, 6) is 0. The molecule has 0 spiro atoms. The summed E-state index contributed by atoms with van der Waals surface area (Å²) in [6.45, 7) is 7.47. The van der Waals surface area contributed by atoms with Crippen LogP contribution in [0.4, 0.5) is 5.69 Å². The van der Waals surface area contributed by atoms with Crippen LogP contribution in [0.3, 0.4) is 0 Å². The van der Waals surface area contributed by atoms with Crippen LogP contribution in [0.5, 0.6) is 0 Å². The molecule has 21 heavy (non-hydrogen) atoms. The number of benzene rings is 1. The van der Waals surface area contributed by atoms with Crippen LogP contribution in [0.15, 0.2) is 22.7 Å². The molecule has 0 bridgehead atoms. The van der Waals surface area contributed by atoms with Crippen molar-refractivity contribution in [3.8, 4) is 0 Å². The number of rotatable bonds is 6. The molecule has 1 heterocycles. The summed E-state index contributed by atoms with van der Waals surface area (Å²) in [6, 6.07) is 6.59. The Morgan fingerprint density at radius 3 is 3.10 bits per heavy atom. The van der Waals surface area contributed by atoms with Crippen LogP contribution in [0.2, 0.25) is 0 Å². The van der Waals surface area contributed by atoms with Gasteiger partial charge >= 0.3 is 0 Å². The van der Waals surface area contributed by atoms with Gasteiger partial charge in [0.1, 0.15) is 0 Å². The van der Waals surface area contributed by atoms with Crippen LogP contribution in [-0.4, -0.2) is 46.1 Å². The van der Waals surface area contributed by atoms with Crippen LogP contribution in [-0.2, 0) is 16.0 Å². The minimum atomic E-state index is 0.287. The van der Waals surface area contributed by atoms with Crippen molar-refractivity contribution in [2.24, 2.45) is 0 Å². The number of methoxy groups -OCH3 is 1. The van der Waals surface area contributed by atoms with Gasteiger partial charge in [0.2, 0.25) is 0 Å². The molecule has 0 saturated carbocycles. The van der Waals surface area contributed by atoms with E-state index in [1.165, 1.54) is 11.3 Å². The van der Waals surface area contributed by atoms with Gasteiger partial charge in [0.05, 0.1) is 18.4 Å². The van der Waals surface area contributed by atoms with Gasteiger partial charge in [0.15, 0.2) is 0 Å². The summed E-state index contributed by atoms with van der Waals surface area (Å²) in [5.41, 5.74) is 2.54. The lowest BCUT2D eigenvalue weighted by Gasteiger charge is -2.25. The summed E-state index contributed by atoms with van der Waals surface area (Å²) in [6.07, 6.45) is 1.37. The van der Waals surface area contributed by atoms with Crippen LogP contribution in [0, 0.1) is 0 Å². The van der Waals surface area contributed by atoms with Crippen molar-refractivity contribution in [1.29, 1.82) is 0 Å². The van der Waals surface area contributed by atoms with Crippen molar-refractivity contribution in [2.45, 2.75) is 26.0 Å². The fraction of sp³-hybridized carbons (Fsp3) is 0.625. The van der Waals surface area contributed by atoms with E-state index < -0.39 is 0 Å². The van der Waals surface area contributed by atoms with E-state index in [0.717, 1.165) is 50.3 Å². The van der Waals surface area contributed by atoms with E-state index in [9.17, 15) is 0 Å². The van der Waals surface area contributed by atoms with Crippen molar-refractivity contribution in [3.63, 3.8) is 0 Å². The topological polar surface area (TPSA) is 33.7 Å². The first-order chi connectivity index (χ1) is 10.2.